The van der Waals surface area contributed by atoms with Crippen molar-refractivity contribution < 1.29 is 23.1 Å². The molecule has 10 heteroatoms. The zero-order chi connectivity index (χ0) is 23.9. The molecule has 0 bridgehead atoms. The highest BCUT2D eigenvalue weighted by atomic mass is 19.1. The molecule has 1 atom stereocenters. The highest BCUT2D eigenvalue weighted by molar-refractivity contribution is 5.93. The Balaban J connectivity index is 1.96. The third-order valence-electron chi connectivity index (χ3n) is 5.96. The normalized spacial score (nSPS) is 16.0. The van der Waals surface area contributed by atoms with Crippen molar-refractivity contribution in [2.75, 3.05) is 31.1 Å². The molecule has 174 valence electrons. The molecule has 2 aromatic heterocycles. The van der Waals surface area contributed by atoms with Gasteiger partial charge in [0, 0.05) is 30.9 Å². The molecule has 0 radical (unpaired) electrons. The lowest BCUT2D eigenvalue weighted by atomic mass is 10.1. The number of aryl methyl sites for hydroxylation is 1. The lowest BCUT2D eigenvalue weighted by Gasteiger charge is -2.22. The standard InChI is InChI=1S/C23H23F3N4O3/c1-3-27-9-13-6-7-29(10-13)22-19(26)12(2)18-20(31)15(23(32)33)11-30(21(18)28-22)17-5-4-14(24)8-16(17)25/h4-5,8,11,13,27H,3,6-7,9-10H2,1-2H3,(H,32,33). The molecule has 1 aliphatic rings. The molecule has 0 aliphatic carbocycles. The number of carboxylic acid groups (broad SMARTS) is 1. The molecule has 0 saturated carbocycles. The predicted molar refractivity (Wildman–Crippen MR) is 118 cm³/mol. The van der Waals surface area contributed by atoms with Crippen LogP contribution in [0.15, 0.2) is 29.2 Å². The molecular weight excluding hydrogens is 437 g/mol. The van der Waals surface area contributed by atoms with Crippen LogP contribution in [0.25, 0.3) is 16.7 Å². The topological polar surface area (TPSA) is 87.5 Å². The van der Waals surface area contributed by atoms with Crippen molar-refractivity contribution in [3.8, 4) is 5.69 Å². The number of halogens is 3. The van der Waals surface area contributed by atoms with Crippen LogP contribution in [-0.4, -0.2) is 46.8 Å². The maximum absolute atomic E-state index is 15.4. The quantitative estimate of drug-likeness (QED) is 0.587. The number of aromatic carboxylic acids is 1. The lowest BCUT2D eigenvalue weighted by Crippen LogP contribution is -2.28. The van der Waals surface area contributed by atoms with E-state index in [1.54, 1.807) is 4.90 Å². The fraction of sp³-hybridized carbons (Fsp3) is 0.348. The first-order valence-electron chi connectivity index (χ1n) is 10.6. The van der Waals surface area contributed by atoms with Crippen LogP contribution in [0, 0.1) is 30.3 Å². The van der Waals surface area contributed by atoms with Gasteiger partial charge in [0.05, 0.1) is 11.1 Å². The summed E-state index contributed by atoms with van der Waals surface area (Å²) in [6.45, 7) is 6.05. The van der Waals surface area contributed by atoms with Gasteiger partial charge in [-0.25, -0.2) is 22.9 Å². The number of nitrogens with one attached hydrogen (secondary N) is 1. The summed E-state index contributed by atoms with van der Waals surface area (Å²) in [4.78, 5) is 30.7. The number of anilines is 1. The Morgan fingerprint density at radius 3 is 2.73 bits per heavy atom. The zero-order valence-corrected chi connectivity index (χ0v) is 18.2. The van der Waals surface area contributed by atoms with Crippen molar-refractivity contribution in [2.45, 2.75) is 20.3 Å². The van der Waals surface area contributed by atoms with Gasteiger partial charge in [0.25, 0.3) is 0 Å². The molecule has 1 aromatic carbocycles. The van der Waals surface area contributed by atoms with Crippen LogP contribution in [0.3, 0.4) is 0 Å². The molecule has 2 N–H and O–H groups in total. The van der Waals surface area contributed by atoms with Gasteiger partial charge < -0.3 is 15.3 Å². The second-order valence-electron chi connectivity index (χ2n) is 8.12. The summed E-state index contributed by atoms with van der Waals surface area (Å²) >= 11 is 0. The van der Waals surface area contributed by atoms with Crippen LogP contribution in [-0.2, 0) is 0 Å². The van der Waals surface area contributed by atoms with E-state index in [0.29, 0.717) is 19.2 Å². The van der Waals surface area contributed by atoms with Gasteiger partial charge in [0.15, 0.2) is 17.3 Å². The number of rotatable bonds is 6. The van der Waals surface area contributed by atoms with E-state index in [9.17, 15) is 23.5 Å². The van der Waals surface area contributed by atoms with E-state index >= 15 is 4.39 Å². The monoisotopic (exact) mass is 460 g/mol. The minimum atomic E-state index is -1.55. The molecule has 0 spiro atoms. The van der Waals surface area contributed by atoms with Crippen LogP contribution >= 0.6 is 0 Å². The van der Waals surface area contributed by atoms with Crippen LogP contribution < -0.4 is 15.6 Å². The van der Waals surface area contributed by atoms with E-state index in [2.05, 4.69) is 10.3 Å². The Hall–Kier alpha value is -3.40. The fourth-order valence-electron chi connectivity index (χ4n) is 4.24. The largest absolute Gasteiger partial charge is 0.477 e. The number of aromatic nitrogens is 2. The average Bonchev–Trinajstić information content (AvgIpc) is 3.23. The molecule has 3 heterocycles. The Kier molecular flexibility index (Phi) is 6.11. The molecular formula is C23H23F3N4O3. The first-order chi connectivity index (χ1) is 15.7. The summed E-state index contributed by atoms with van der Waals surface area (Å²) in [6, 6.07) is 2.76. The first kappa shape index (κ1) is 22.8. The van der Waals surface area contributed by atoms with Crippen molar-refractivity contribution in [3.63, 3.8) is 0 Å². The van der Waals surface area contributed by atoms with E-state index < -0.39 is 34.4 Å². The minimum absolute atomic E-state index is 0.0118. The Morgan fingerprint density at radius 2 is 2.06 bits per heavy atom. The van der Waals surface area contributed by atoms with Crippen molar-refractivity contribution in [2.24, 2.45) is 5.92 Å². The summed E-state index contributed by atoms with van der Waals surface area (Å²) < 4.78 is 44.6. The van der Waals surface area contributed by atoms with Crippen molar-refractivity contribution >= 4 is 22.8 Å². The number of benzene rings is 1. The molecule has 0 amide bonds. The third kappa shape index (κ3) is 4.06. The highest BCUT2D eigenvalue weighted by Gasteiger charge is 2.29. The summed E-state index contributed by atoms with van der Waals surface area (Å²) in [7, 11) is 0. The van der Waals surface area contributed by atoms with E-state index in [1.165, 1.54) is 6.92 Å². The Bertz CT molecular complexity index is 1310. The van der Waals surface area contributed by atoms with Crippen LogP contribution in [0.2, 0.25) is 0 Å². The van der Waals surface area contributed by atoms with Gasteiger partial charge in [0.2, 0.25) is 5.43 Å². The van der Waals surface area contributed by atoms with E-state index in [1.807, 2.05) is 6.92 Å². The number of pyridine rings is 2. The SMILES string of the molecule is CCNCC1CCN(c2nc3c(c(C)c2F)c(=O)c(C(=O)O)cn3-c2ccc(F)cc2F)C1. The third-order valence-corrected chi connectivity index (χ3v) is 5.96. The van der Waals surface area contributed by atoms with E-state index in [-0.39, 0.29) is 34.0 Å². The number of hydrogen-bond acceptors (Lipinski definition) is 5. The number of carbonyl (C=O) groups is 1. The smallest absolute Gasteiger partial charge is 0.341 e. The van der Waals surface area contributed by atoms with Crippen molar-refractivity contribution in [1.82, 2.24) is 14.9 Å². The highest BCUT2D eigenvalue weighted by Crippen LogP contribution is 2.31. The average molecular weight is 460 g/mol. The predicted octanol–water partition coefficient (Wildman–Crippen LogP) is 3.25. The summed E-state index contributed by atoms with van der Waals surface area (Å²) in [6.07, 6.45) is 1.76. The molecule has 3 aromatic rings. The maximum Gasteiger partial charge on any atom is 0.341 e. The van der Waals surface area contributed by atoms with Gasteiger partial charge in [-0.15, -0.1) is 0 Å². The second-order valence-corrected chi connectivity index (χ2v) is 8.12. The fourth-order valence-corrected chi connectivity index (χ4v) is 4.24. The van der Waals surface area contributed by atoms with Gasteiger partial charge in [-0.1, -0.05) is 6.92 Å². The van der Waals surface area contributed by atoms with Gasteiger partial charge in [-0.05, 0) is 44.5 Å². The summed E-state index contributed by atoms with van der Waals surface area (Å²) in [5, 5.41) is 12.5. The van der Waals surface area contributed by atoms with Gasteiger partial charge in [-0.2, -0.15) is 0 Å². The molecule has 33 heavy (non-hydrogen) atoms. The maximum atomic E-state index is 15.4. The molecule has 4 rings (SSSR count). The number of carboxylic acids is 1. The van der Waals surface area contributed by atoms with Gasteiger partial charge >= 0.3 is 5.97 Å². The van der Waals surface area contributed by atoms with Crippen molar-refractivity contribution in [1.29, 1.82) is 0 Å². The van der Waals surface area contributed by atoms with E-state index in [4.69, 9.17) is 0 Å². The Labute approximate surface area is 187 Å². The molecule has 1 saturated heterocycles. The molecule has 1 aliphatic heterocycles. The van der Waals surface area contributed by atoms with Crippen LogP contribution in [0.4, 0.5) is 19.0 Å². The number of hydrogen-bond donors (Lipinski definition) is 2. The Morgan fingerprint density at radius 1 is 1.30 bits per heavy atom. The minimum Gasteiger partial charge on any atom is -0.477 e. The van der Waals surface area contributed by atoms with Crippen molar-refractivity contribution in [3.05, 3.63) is 63.2 Å². The van der Waals surface area contributed by atoms with Gasteiger partial charge in [0.1, 0.15) is 17.2 Å². The summed E-state index contributed by atoms with van der Waals surface area (Å²) in [5.41, 5.74) is -1.97. The summed E-state index contributed by atoms with van der Waals surface area (Å²) in [5.74, 6) is -3.77. The number of fused-ring (bicyclic) bond motifs is 1. The zero-order valence-electron chi connectivity index (χ0n) is 18.2. The van der Waals surface area contributed by atoms with Crippen LogP contribution in [0.1, 0.15) is 29.3 Å². The van der Waals surface area contributed by atoms with E-state index in [0.717, 1.165) is 42.4 Å². The second kappa shape index (κ2) is 8.86. The molecule has 1 fully saturated rings. The molecule has 7 nitrogen and oxygen atoms in total. The van der Waals surface area contributed by atoms with Crippen LogP contribution in [0.5, 0.6) is 0 Å². The first-order valence-corrected chi connectivity index (χ1v) is 10.6. The molecule has 1 unspecified atom stereocenters. The number of nitrogens with zero attached hydrogens (tertiary/aromatic N) is 3. The lowest BCUT2D eigenvalue weighted by molar-refractivity contribution is 0.0695. The van der Waals surface area contributed by atoms with Gasteiger partial charge in [-0.3, -0.25) is 9.36 Å².